The number of amides is 2. The van der Waals surface area contributed by atoms with Gasteiger partial charge in [0, 0.05) is 11.1 Å². The Hall–Kier alpha value is -1.81. The van der Waals surface area contributed by atoms with Gasteiger partial charge < -0.3 is 9.47 Å². The molecule has 0 heterocycles. The Morgan fingerprint density at radius 3 is 2.15 bits per heavy atom. The van der Waals surface area contributed by atoms with E-state index in [2.05, 4.69) is 56.3 Å². The Balaban J connectivity index is 1.95. The van der Waals surface area contributed by atoms with Crippen molar-refractivity contribution in [3.05, 3.63) is 55.6 Å². The van der Waals surface area contributed by atoms with E-state index in [0.29, 0.717) is 33.7 Å². The van der Waals surface area contributed by atoms with Gasteiger partial charge in [-0.3, -0.25) is 20.4 Å². The number of hydrogen-bond donors (Lipinski definition) is 2. The highest BCUT2D eigenvalue weighted by Gasteiger charge is 2.12. The normalized spacial score (nSPS) is 10.2. The van der Waals surface area contributed by atoms with Crippen LogP contribution in [0, 0.1) is 3.57 Å². The monoisotopic (exact) mass is 546 g/mol. The first-order valence-corrected chi connectivity index (χ1v) is 10.2. The summed E-state index contributed by atoms with van der Waals surface area (Å²) in [6.45, 7) is 2.71. The largest absolute Gasteiger partial charge is 0.496 e. The summed E-state index contributed by atoms with van der Waals surface area (Å²) in [5, 5.41) is 0. The van der Waals surface area contributed by atoms with Crippen molar-refractivity contribution in [1.82, 2.24) is 10.9 Å². The highest BCUT2D eigenvalue weighted by atomic mass is 127. The molecule has 2 aromatic rings. The van der Waals surface area contributed by atoms with Crippen LogP contribution in [0.3, 0.4) is 0 Å². The molecule has 0 unspecified atom stereocenters. The summed E-state index contributed by atoms with van der Waals surface area (Å²) in [5.41, 5.74) is 5.63. The van der Waals surface area contributed by atoms with Gasteiger partial charge in [0.05, 0.1) is 21.8 Å². The maximum atomic E-state index is 12.3. The molecule has 2 rings (SSSR count). The number of halogens is 2. The molecule has 0 aliphatic heterocycles. The number of carbonyl (C=O) groups is 2. The summed E-state index contributed by atoms with van der Waals surface area (Å²) in [6, 6.07) is 10.0. The molecular weight excluding hydrogens is 527 g/mol. The predicted octanol–water partition coefficient (Wildman–Crippen LogP) is 4.32. The quantitative estimate of drug-likeness (QED) is 0.308. The molecule has 0 fully saturated rings. The molecule has 6 nitrogen and oxygen atoms in total. The molecule has 8 heteroatoms. The number of ether oxygens (including phenoxy) is 2. The van der Waals surface area contributed by atoms with Crippen LogP contribution in [-0.4, -0.2) is 25.5 Å². The molecule has 0 radical (unpaired) electrons. The number of nitrogens with one attached hydrogen (secondary N) is 2. The van der Waals surface area contributed by atoms with Gasteiger partial charge in [0.2, 0.25) is 0 Å². The first-order valence-electron chi connectivity index (χ1n) is 8.32. The van der Waals surface area contributed by atoms with Gasteiger partial charge in [-0.1, -0.05) is 13.3 Å². The Bertz CT molecular complexity index is 829. The van der Waals surface area contributed by atoms with Gasteiger partial charge in [0.1, 0.15) is 11.5 Å². The molecule has 0 aliphatic carbocycles. The van der Waals surface area contributed by atoms with Gasteiger partial charge >= 0.3 is 0 Å². The number of benzene rings is 2. The average molecular weight is 547 g/mol. The van der Waals surface area contributed by atoms with Crippen molar-refractivity contribution in [3.63, 3.8) is 0 Å². The summed E-state index contributed by atoms with van der Waals surface area (Å²) in [4.78, 5) is 24.5. The Morgan fingerprint density at radius 1 is 1.04 bits per heavy atom. The van der Waals surface area contributed by atoms with Crippen LogP contribution in [-0.2, 0) is 0 Å². The number of hydrogen-bond acceptors (Lipinski definition) is 4. The maximum absolute atomic E-state index is 12.3. The molecule has 2 amide bonds. The fourth-order valence-electron chi connectivity index (χ4n) is 2.15. The molecular formula is C19H20BrIN2O4. The summed E-state index contributed by atoms with van der Waals surface area (Å²) >= 11 is 5.48. The standard InChI is InChI=1S/C19H20BrIN2O4/c1-3-4-9-27-16-7-5-12(10-14(16)20)18(24)22-23-19(25)13-6-8-17(26-2)15(21)11-13/h5-8,10-11H,3-4,9H2,1-2H3,(H,22,24)(H,23,25). The summed E-state index contributed by atoms with van der Waals surface area (Å²) in [5.74, 6) is 0.522. The Morgan fingerprint density at radius 2 is 1.63 bits per heavy atom. The summed E-state index contributed by atoms with van der Waals surface area (Å²) in [7, 11) is 1.57. The third kappa shape index (κ3) is 6.10. The zero-order chi connectivity index (χ0) is 19.8. The van der Waals surface area contributed by atoms with E-state index < -0.39 is 11.8 Å². The van der Waals surface area contributed by atoms with E-state index in [1.807, 2.05) is 0 Å². The molecule has 0 saturated carbocycles. The van der Waals surface area contributed by atoms with Crippen LogP contribution < -0.4 is 20.3 Å². The molecule has 0 spiro atoms. The Labute approximate surface area is 180 Å². The van der Waals surface area contributed by atoms with Crippen LogP contribution in [0.25, 0.3) is 0 Å². The number of methoxy groups -OCH3 is 1. The third-order valence-corrected chi connectivity index (χ3v) is 5.12. The second-order valence-corrected chi connectivity index (χ2v) is 7.62. The van der Waals surface area contributed by atoms with Crippen LogP contribution in [0.15, 0.2) is 40.9 Å². The second-order valence-electron chi connectivity index (χ2n) is 5.60. The molecule has 0 atom stereocenters. The fraction of sp³-hybridized carbons (Fsp3) is 0.263. The van der Waals surface area contributed by atoms with Gasteiger partial charge in [-0.2, -0.15) is 0 Å². The van der Waals surface area contributed by atoms with Crippen molar-refractivity contribution in [2.75, 3.05) is 13.7 Å². The molecule has 0 saturated heterocycles. The molecule has 0 bridgehead atoms. The van der Waals surface area contributed by atoms with Gasteiger partial charge in [-0.25, -0.2) is 0 Å². The van der Waals surface area contributed by atoms with Crippen molar-refractivity contribution in [3.8, 4) is 11.5 Å². The van der Waals surface area contributed by atoms with Crippen LogP contribution in [0.4, 0.5) is 0 Å². The van der Waals surface area contributed by atoms with E-state index in [9.17, 15) is 9.59 Å². The van der Waals surface area contributed by atoms with E-state index in [0.717, 1.165) is 16.4 Å². The molecule has 2 aromatic carbocycles. The van der Waals surface area contributed by atoms with E-state index >= 15 is 0 Å². The summed E-state index contributed by atoms with van der Waals surface area (Å²) < 4.78 is 12.3. The first kappa shape index (κ1) is 21.5. The van der Waals surface area contributed by atoms with E-state index in [-0.39, 0.29) is 0 Å². The highest BCUT2D eigenvalue weighted by Crippen LogP contribution is 2.26. The molecule has 144 valence electrons. The first-order chi connectivity index (χ1) is 13.0. The summed E-state index contributed by atoms with van der Waals surface area (Å²) in [6.07, 6.45) is 2.01. The van der Waals surface area contributed by atoms with Crippen molar-refractivity contribution in [1.29, 1.82) is 0 Å². The second kappa shape index (κ2) is 10.5. The van der Waals surface area contributed by atoms with Gasteiger partial charge in [0.15, 0.2) is 0 Å². The van der Waals surface area contributed by atoms with Crippen LogP contribution in [0.1, 0.15) is 40.5 Å². The average Bonchev–Trinajstić information content (AvgIpc) is 2.67. The topological polar surface area (TPSA) is 76.7 Å². The molecule has 27 heavy (non-hydrogen) atoms. The molecule has 0 aliphatic rings. The van der Waals surface area contributed by atoms with Gasteiger partial charge in [0.25, 0.3) is 11.8 Å². The number of rotatable bonds is 7. The van der Waals surface area contributed by atoms with E-state index in [4.69, 9.17) is 9.47 Å². The van der Waals surface area contributed by atoms with Crippen molar-refractivity contribution >= 4 is 50.3 Å². The lowest BCUT2D eigenvalue weighted by Crippen LogP contribution is -2.41. The van der Waals surface area contributed by atoms with Gasteiger partial charge in [-0.15, -0.1) is 0 Å². The predicted molar refractivity (Wildman–Crippen MR) is 115 cm³/mol. The van der Waals surface area contributed by atoms with Gasteiger partial charge in [-0.05, 0) is 81.3 Å². The zero-order valence-electron chi connectivity index (χ0n) is 15.0. The van der Waals surface area contributed by atoms with Crippen LogP contribution >= 0.6 is 38.5 Å². The third-order valence-electron chi connectivity index (χ3n) is 3.65. The Kier molecular flexibility index (Phi) is 8.36. The molecule has 0 aromatic heterocycles. The van der Waals surface area contributed by atoms with E-state index in [1.54, 1.807) is 43.5 Å². The lowest BCUT2D eigenvalue weighted by molar-refractivity contribution is 0.0846. The maximum Gasteiger partial charge on any atom is 0.269 e. The SMILES string of the molecule is CCCCOc1ccc(C(=O)NNC(=O)c2ccc(OC)c(I)c2)cc1Br. The lowest BCUT2D eigenvalue weighted by Gasteiger charge is -2.11. The zero-order valence-corrected chi connectivity index (χ0v) is 18.7. The number of hydrazine groups is 1. The van der Waals surface area contributed by atoms with E-state index in [1.165, 1.54) is 0 Å². The van der Waals surface area contributed by atoms with Crippen molar-refractivity contribution in [2.45, 2.75) is 19.8 Å². The smallest absolute Gasteiger partial charge is 0.269 e. The molecule has 2 N–H and O–H groups in total. The minimum absolute atomic E-state index is 0.398. The highest BCUT2D eigenvalue weighted by molar-refractivity contribution is 14.1. The lowest BCUT2D eigenvalue weighted by atomic mass is 10.2. The minimum atomic E-state index is -0.424. The van der Waals surface area contributed by atoms with Crippen LogP contribution in [0.5, 0.6) is 11.5 Å². The fourth-order valence-corrected chi connectivity index (χ4v) is 3.38. The number of carbonyl (C=O) groups excluding carboxylic acids is 2. The van der Waals surface area contributed by atoms with Crippen molar-refractivity contribution < 1.29 is 19.1 Å². The minimum Gasteiger partial charge on any atom is -0.496 e. The number of unbranched alkanes of at least 4 members (excludes halogenated alkanes) is 1. The van der Waals surface area contributed by atoms with Crippen LogP contribution in [0.2, 0.25) is 0 Å². The van der Waals surface area contributed by atoms with Crippen molar-refractivity contribution in [2.24, 2.45) is 0 Å².